The standard InChI is InChI=1S/C16H18N2O2/c1-2-11-8-13(9-11)17-16(19)15-10-14(18-20-15)12-6-4-3-5-7-12/h3-7,10-11,13H,2,8-9H2,1H3,(H,17,19)/t11-,13-. The Labute approximate surface area is 118 Å². The maximum atomic E-state index is 12.0. The lowest BCUT2D eigenvalue weighted by Gasteiger charge is -2.34. The van der Waals surface area contributed by atoms with Crippen LogP contribution in [0.15, 0.2) is 40.9 Å². The van der Waals surface area contributed by atoms with E-state index in [-0.39, 0.29) is 17.7 Å². The lowest BCUT2D eigenvalue weighted by atomic mass is 9.78. The first kappa shape index (κ1) is 12.9. The van der Waals surface area contributed by atoms with Gasteiger partial charge >= 0.3 is 0 Å². The number of aromatic nitrogens is 1. The zero-order chi connectivity index (χ0) is 13.9. The van der Waals surface area contributed by atoms with E-state index in [1.807, 2.05) is 30.3 Å². The Morgan fingerprint density at radius 2 is 2.10 bits per heavy atom. The molecule has 20 heavy (non-hydrogen) atoms. The van der Waals surface area contributed by atoms with Gasteiger partial charge in [0.25, 0.3) is 5.91 Å². The van der Waals surface area contributed by atoms with E-state index < -0.39 is 0 Å². The van der Waals surface area contributed by atoms with Gasteiger partial charge in [-0.25, -0.2) is 0 Å². The van der Waals surface area contributed by atoms with Crippen LogP contribution in [0.1, 0.15) is 36.7 Å². The molecule has 2 aromatic rings. The van der Waals surface area contributed by atoms with Gasteiger partial charge in [-0.2, -0.15) is 0 Å². The molecule has 1 aliphatic carbocycles. The minimum absolute atomic E-state index is 0.167. The Morgan fingerprint density at radius 1 is 1.35 bits per heavy atom. The van der Waals surface area contributed by atoms with Crippen LogP contribution in [0.3, 0.4) is 0 Å². The topological polar surface area (TPSA) is 55.1 Å². The first-order chi connectivity index (χ1) is 9.76. The Kier molecular flexibility index (Phi) is 3.54. The molecular formula is C16H18N2O2. The molecule has 3 rings (SSSR count). The normalized spacial score (nSPS) is 21.2. The molecule has 0 unspecified atom stereocenters. The zero-order valence-electron chi connectivity index (χ0n) is 11.5. The van der Waals surface area contributed by atoms with Crippen LogP contribution in [0, 0.1) is 5.92 Å². The third-order valence-corrected chi connectivity index (χ3v) is 3.95. The quantitative estimate of drug-likeness (QED) is 0.927. The summed E-state index contributed by atoms with van der Waals surface area (Å²) in [6.45, 7) is 2.19. The number of amides is 1. The molecule has 1 amide bonds. The second-order valence-corrected chi connectivity index (χ2v) is 5.36. The lowest BCUT2D eigenvalue weighted by Crippen LogP contribution is -2.44. The number of carbonyl (C=O) groups excluding carboxylic acids is 1. The van der Waals surface area contributed by atoms with E-state index in [1.165, 1.54) is 6.42 Å². The summed E-state index contributed by atoms with van der Waals surface area (Å²) in [4.78, 5) is 12.0. The highest BCUT2D eigenvalue weighted by molar-refractivity contribution is 5.92. The van der Waals surface area contributed by atoms with E-state index in [9.17, 15) is 4.79 Å². The molecule has 1 aliphatic rings. The van der Waals surface area contributed by atoms with Crippen molar-refractivity contribution in [3.63, 3.8) is 0 Å². The summed E-state index contributed by atoms with van der Waals surface area (Å²) in [6, 6.07) is 11.7. The van der Waals surface area contributed by atoms with E-state index in [2.05, 4.69) is 17.4 Å². The number of rotatable bonds is 4. The largest absolute Gasteiger partial charge is 0.350 e. The van der Waals surface area contributed by atoms with Crippen LogP contribution in [0.2, 0.25) is 0 Å². The molecule has 1 aromatic carbocycles. The van der Waals surface area contributed by atoms with Gasteiger partial charge in [0.05, 0.1) is 0 Å². The fourth-order valence-electron chi connectivity index (χ4n) is 2.57. The van der Waals surface area contributed by atoms with Crippen molar-refractivity contribution in [2.24, 2.45) is 5.92 Å². The molecule has 0 atom stereocenters. The summed E-state index contributed by atoms with van der Waals surface area (Å²) in [7, 11) is 0. The SMILES string of the molecule is CC[C@H]1C[C@H](NC(=O)c2cc(-c3ccccc3)no2)C1. The summed E-state index contributed by atoms with van der Waals surface area (Å²) >= 11 is 0. The summed E-state index contributed by atoms with van der Waals surface area (Å²) < 4.78 is 5.14. The van der Waals surface area contributed by atoms with E-state index in [1.54, 1.807) is 6.07 Å². The number of carbonyl (C=O) groups is 1. The highest BCUT2D eigenvalue weighted by Gasteiger charge is 2.29. The third-order valence-electron chi connectivity index (χ3n) is 3.95. The highest BCUT2D eigenvalue weighted by Crippen LogP contribution is 2.30. The van der Waals surface area contributed by atoms with Gasteiger partial charge in [-0.05, 0) is 18.8 Å². The number of nitrogens with one attached hydrogen (secondary N) is 1. The Hall–Kier alpha value is -2.10. The lowest BCUT2D eigenvalue weighted by molar-refractivity contribution is 0.0850. The van der Waals surface area contributed by atoms with Crippen molar-refractivity contribution in [1.82, 2.24) is 10.5 Å². The molecule has 4 nitrogen and oxygen atoms in total. The molecule has 1 N–H and O–H groups in total. The van der Waals surface area contributed by atoms with E-state index in [0.717, 1.165) is 24.3 Å². The van der Waals surface area contributed by atoms with Crippen LogP contribution < -0.4 is 5.32 Å². The molecule has 1 aromatic heterocycles. The fraction of sp³-hybridized carbons (Fsp3) is 0.375. The molecule has 104 valence electrons. The number of nitrogens with zero attached hydrogens (tertiary/aromatic N) is 1. The van der Waals surface area contributed by atoms with E-state index in [4.69, 9.17) is 4.52 Å². The Morgan fingerprint density at radius 3 is 2.80 bits per heavy atom. The van der Waals surface area contributed by atoms with Gasteiger partial charge in [-0.3, -0.25) is 4.79 Å². The molecule has 1 fully saturated rings. The van der Waals surface area contributed by atoms with Gasteiger partial charge in [0.15, 0.2) is 0 Å². The number of hydrogen-bond acceptors (Lipinski definition) is 3. The maximum absolute atomic E-state index is 12.0. The smallest absolute Gasteiger partial charge is 0.290 e. The van der Waals surface area contributed by atoms with Gasteiger partial charge in [0.1, 0.15) is 5.69 Å². The van der Waals surface area contributed by atoms with Crippen molar-refractivity contribution in [1.29, 1.82) is 0 Å². The monoisotopic (exact) mass is 270 g/mol. The number of benzene rings is 1. The summed E-state index contributed by atoms with van der Waals surface area (Å²) in [6.07, 6.45) is 3.33. The first-order valence-corrected chi connectivity index (χ1v) is 7.09. The van der Waals surface area contributed by atoms with Crippen LogP contribution in [-0.4, -0.2) is 17.1 Å². The number of hydrogen-bond donors (Lipinski definition) is 1. The second kappa shape index (κ2) is 5.49. The van der Waals surface area contributed by atoms with Crippen LogP contribution in [0.25, 0.3) is 11.3 Å². The minimum Gasteiger partial charge on any atom is -0.350 e. The minimum atomic E-state index is -0.167. The van der Waals surface area contributed by atoms with E-state index >= 15 is 0 Å². The van der Waals surface area contributed by atoms with Crippen LogP contribution in [0.4, 0.5) is 0 Å². The van der Waals surface area contributed by atoms with Crippen molar-refractivity contribution in [3.05, 3.63) is 42.2 Å². The van der Waals surface area contributed by atoms with Gasteiger partial charge in [-0.15, -0.1) is 0 Å². The van der Waals surface area contributed by atoms with E-state index in [0.29, 0.717) is 5.69 Å². The molecule has 0 bridgehead atoms. The van der Waals surface area contributed by atoms with Crippen molar-refractivity contribution in [2.45, 2.75) is 32.2 Å². The fourth-order valence-corrected chi connectivity index (χ4v) is 2.57. The third kappa shape index (κ3) is 2.59. The predicted molar refractivity (Wildman–Crippen MR) is 76.2 cm³/mol. The summed E-state index contributed by atoms with van der Waals surface area (Å²) in [5, 5.41) is 6.94. The van der Waals surface area contributed by atoms with Crippen LogP contribution in [0.5, 0.6) is 0 Å². The molecule has 4 heteroatoms. The van der Waals surface area contributed by atoms with Crippen molar-refractivity contribution in [2.75, 3.05) is 0 Å². The average Bonchev–Trinajstić information content (AvgIpc) is 2.93. The van der Waals surface area contributed by atoms with Gasteiger partial charge in [0, 0.05) is 17.7 Å². The summed E-state index contributed by atoms with van der Waals surface area (Å²) in [5.41, 5.74) is 1.64. The van der Waals surface area contributed by atoms with Gasteiger partial charge in [0.2, 0.25) is 5.76 Å². The van der Waals surface area contributed by atoms with Crippen LogP contribution >= 0.6 is 0 Å². The molecule has 0 spiro atoms. The van der Waals surface area contributed by atoms with Gasteiger partial charge < -0.3 is 9.84 Å². The second-order valence-electron chi connectivity index (χ2n) is 5.36. The predicted octanol–water partition coefficient (Wildman–Crippen LogP) is 3.26. The van der Waals surface area contributed by atoms with Crippen LogP contribution in [-0.2, 0) is 0 Å². The van der Waals surface area contributed by atoms with Crippen molar-refractivity contribution < 1.29 is 9.32 Å². The maximum Gasteiger partial charge on any atom is 0.290 e. The molecule has 1 heterocycles. The molecule has 0 saturated heterocycles. The van der Waals surface area contributed by atoms with Crippen molar-refractivity contribution in [3.8, 4) is 11.3 Å². The molecular weight excluding hydrogens is 252 g/mol. The Balaban J connectivity index is 1.64. The molecule has 1 saturated carbocycles. The Bertz CT molecular complexity index is 586. The zero-order valence-corrected chi connectivity index (χ0v) is 11.5. The average molecular weight is 270 g/mol. The molecule has 0 radical (unpaired) electrons. The van der Waals surface area contributed by atoms with Gasteiger partial charge in [-0.1, -0.05) is 48.8 Å². The van der Waals surface area contributed by atoms with Crippen molar-refractivity contribution >= 4 is 5.91 Å². The summed E-state index contributed by atoms with van der Waals surface area (Å²) in [5.74, 6) is 0.873. The molecule has 0 aliphatic heterocycles. The first-order valence-electron chi connectivity index (χ1n) is 7.09. The highest BCUT2D eigenvalue weighted by atomic mass is 16.5.